The number of methoxy groups -OCH3 is 1. The molecule has 1 N–H and O–H groups in total. The van der Waals surface area contributed by atoms with Crippen LogP contribution in [0.5, 0.6) is 11.5 Å². The SMILES string of the molecule is COc1ccccc1CNC(=O)CN1C(=O)C(=Cc2cccc(C)c2)Oc2ccccc21. The molecule has 6 heteroatoms. The van der Waals surface area contributed by atoms with Crippen LogP contribution < -0.4 is 19.7 Å². The molecule has 0 saturated carbocycles. The molecule has 1 heterocycles. The third kappa shape index (κ3) is 4.64. The molecule has 0 aromatic heterocycles. The van der Waals surface area contributed by atoms with E-state index in [0.717, 1.165) is 16.7 Å². The predicted molar refractivity (Wildman–Crippen MR) is 123 cm³/mol. The molecule has 32 heavy (non-hydrogen) atoms. The van der Waals surface area contributed by atoms with Crippen molar-refractivity contribution in [1.29, 1.82) is 0 Å². The Balaban J connectivity index is 1.55. The zero-order valence-electron chi connectivity index (χ0n) is 18.0. The highest BCUT2D eigenvalue weighted by molar-refractivity contribution is 6.12. The number of hydrogen-bond donors (Lipinski definition) is 1. The van der Waals surface area contributed by atoms with Crippen molar-refractivity contribution in [3.8, 4) is 11.5 Å². The average Bonchev–Trinajstić information content (AvgIpc) is 2.80. The molecule has 3 aromatic rings. The van der Waals surface area contributed by atoms with Crippen molar-refractivity contribution in [2.75, 3.05) is 18.6 Å². The van der Waals surface area contributed by atoms with Crippen molar-refractivity contribution in [1.82, 2.24) is 5.32 Å². The monoisotopic (exact) mass is 428 g/mol. The maximum atomic E-state index is 13.2. The van der Waals surface area contributed by atoms with E-state index < -0.39 is 0 Å². The maximum Gasteiger partial charge on any atom is 0.294 e. The lowest BCUT2D eigenvalue weighted by Crippen LogP contribution is -2.44. The largest absolute Gasteiger partial charge is 0.496 e. The molecule has 0 aliphatic carbocycles. The van der Waals surface area contributed by atoms with Crippen LogP contribution >= 0.6 is 0 Å². The number of hydrogen-bond acceptors (Lipinski definition) is 4. The fourth-order valence-electron chi connectivity index (χ4n) is 3.57. The van der Waals surface area contributed by atoms with Gasteiger partial charge in [-0.1, -0.05) is 60.2 Å². The van der Waals surface area contributed by atoms with Crippen molar-refractivity contribution in [3.63, 3.8) is 0 Å². The molecule has 4 rings (SSSR count). The smallest absolute Gasteiger partial charge is 0.294 e. The summed E-state index contributed by atoms with van der Waals surface area (Å²) >= 11 is 0. The second kappa shape index (κ2) is 9.39. The van der Waals surface area contributed by atoms with Gasteiger partial charge in [0.05, 0.1) is 12.8 Å². The molecule has 3 aromatic carbocycles. The number of benzene rings is 3. The summed E-state index contributed by atoms with van der Waals surface area (Å²) in [5, 5.41) is 2.87. The van der Waals surface area contributed by atoms with Crippen LogP contribution in [0.3, 0.4) is 0 Å². The van der Waals surface area contributed by atoms with Gasteiger partial charge in [-0.15, -0.1) is 0 Å². The summed E-state index contributed by atoms with van der Waals surface area (Å²) in [6, 6.07) is 22.5. The van der Waals surface area contributed by atoms with Gasteiger partial charge in [0.15, 0.2) is 11.5 Å². The Kier molecular flexibility index (Phi) is 6.22. The lowest BCUT2D eigenvalue weighted by atomic mass is 10.1. The van der Waals surface area contributed by atoms with E-state index in [0.29, 0.717) is 23.7 Å². The fraction of sp³-hybridized carbons (Fsp3) is 0.154. The predicted octanol–water partition coefficient (Wildman–Crippen LogP) is 4.09. The Morgan fingerprint density at radius 2 is 1.84 bits per heavy atom. The first-order valence-electron chi connectivity index (χ1n) is 10.3. The van der Waals surface area contributed by atoms with Crippen LogP contribution in [0.25, 0.3) is 6.08 Å². The number of para-hydroxylation sites is 3. The minimum Gasteiger partial charge on any atom is -0.496 e. The molecule has 0 radical (unpaired) electrons. The molecule has 1 aliphatic heterocycles. The van der Waals surface area contributed by atoms with Crippen molar-refractivity contribution in [3.05, 3.63) is 95.2 Å². The van der Waals surface area contributed by atoms with Crippen LogP contribution in [0.4, 0.5) is 5.69 Å². The van der Waals surface area contributed by atoms with Gasteiger partial charge in [-0.25, -0.2) is 0 Å². The molecule has 0 saturated heterocycles. The van der Waals surface area contributed by atoms with Crippen LogP contribution in [0.2, 0.25) is 0 Å². The summed E-state index contributed by atoms with van der Waals surface area (Å²) in [6.45, 7) is 2.16. The second-order valence-corrected chi connectivity index (χ2v) is 7.47. The van der Waals surface area contributed by atoms with E-state index in [4.69, 9.17) is 9.47 Å². The van der Waals surface area contributed by atoms with Crippen molar-refractivity contribution in [2.24, 2.45) is 0 Å². The van der Waals surface area contributed by atoms with Crippen LogP contribution in [-0.2, 0) is 16.1 Å². The summed E-state index contributed by atoms with van der Waals surface area (Å²) < 4.78 is 11.2. The highest BCUT2D eigenvalue weighted by atomic mass is 16.5. The number of carbonyl (C=O) groups is 2. The van der Waals surface area contributed by atoms with Gasteiger partial charge in [-0.3, -0.25) is 14.5 Å². The zero-order valence-corrected chi connectivity index (χ0v) is 18.0. The summed E-state index contributed by atoms with van der Waals surface area (Å²) in [5.74, 6) is 0.757. The van der Waals surface area contributed by atoms with Crippen LogP contribution in [0.1, 0.15) is 16.7 Å². The highest BCUT2D eigenvalue weighted by Crippen LogP contribution is 2.35. The molecular formula is C26H24N2O4. The van der Waals surface area contributed by atoms with Crippen molar-refractivity contribution < 1.29 is 19.1 Å². The Bertz CT molecular complexity index is 1190. The van der Waals surface area contributed by atoms with Gasteiger partial charge in [-0.05, 0) is 36.8 Å². The molecule has 0 spiro atoms. The molecule has 2 amide bonds. The molecule has 0 unspecified atom stereocenters. The maximum absolute atomic E-state index is 13.2. The Hall–Kier alpha value is -4.06. The molecule has 0 atom stereocenters. The van der Waals surface area contributed by atoms with Gasteiger partial charge in [0.1, 0.15) is 12.3 Å². The number of rotatable bonds is 6. The third-order valence-corrected chi connectivity index (χ3v) is 5.14. The summed E-state index contributed by atoms with van der Waals surface area (Å²) in [4.78, 5) is 27.4. The van der Waals surface area contributed by atoms with Gasteiger partial charge >= 0.3 is 0 Å². The fourth-order valence-corrected chi connectivity index (χ4v) is 3.57. The standard InChI is InChI=1S/C26H24N2O4/c1-18-8-7-9-19(14-18)15-24-26(30)28(21-11-4-6-13-23(21)32-24)17-25(29)27-16-20-10-3-5-12-22(20)31-2/h3-15H,16-17H2,1-2H3,(H,27,29). The lowest BCUT2D eigenvalue weighted by molar-refractivity contribution is -0.123. The quantitative estimate of drug-likeness (QED) is 0.601. The zero-order chi connectivity index (χ0) is 22.5. The number of fused-ring (bicyclic) bond motifs is 1. The summed E-state index contributed by atoms with van der Waals surface area (Å²) in [5.41, 5.74) is 3.35. The van der Waals surface area contributed by atoms with Crippen LogP contribution in [-0.4, -0.2) is 25.5 Å². The number of carbonyl (C=O) groups excluding carboxylic acids is 2. The molecule has 6 nitrogen and oxygen atoms in total. The number of aryl methyl sites for hydroxylation is 1. The van der Waals surface area contributed by atoms with Crippen molar-refractivity contribution in [2.45, 2.75) is 13.5 Å². The van der Waals surface area contributed by atoms with Gasteiger partial charge in [-0.2, -0.15) is 0 Å². The van der Waals surface area contributed by atoms with Crippen LogP contribution in [0.15, 0.2) is 78.6 Å². The second-order valence-electron chi connectivity index (χ2n) is 7.47. The number of ether oxygens (including phenoxy) is 2. The minimum absolute atomic E-state index is 0.125. The summed E-state index contributed by atoms with van der Waals surface area (Å²) in [6.07, 6.45) is 1.70. The van der Waals surface area contributed by atoms with E-state index in [-0.39, 0.29) is 24.1 Å². The van der Waals surface area contributed by atoms with Gasteiger partial charge in [0, 0.05) is 12.1 Å². The molecule has 1 aliphatic rings. The minimum atomic E-state index is -0.363. The number of anilines is 1. The van der Waals surface area contributed by atoms with E-state index in [1.807, 2.05) is 67.6 Å². The molecule has 0 bridgehead atoms. The first kappa shape index (κ1) is 21.2. The number of nitrogens with zero attached hydrogens (tertiary/aromatic N) is 1. The van der Waals surface area contributed by atoms with Gasteiger partial charge in [0.2, 0.25) is 5.91 Å². The van der Waals surface area contributed by atoms with E-state index in [1.54, 1.807) is 25.3 Å². The molecule has 0 fully saturated rings. The number of amides is 2. The Morgan fingerprint density at radius 3 is 2.66 bits per heavy atom. The average molecular weight is 428 g/mol. The molecular weight excluding hydrogens is 404 g/mol. The Morgan fingerprint density at radius 1 is 1.06 bits per heavy atom. The topological polar surface area (TPSA) is 67.9 Å². The van der Waals surface area contributed by atoms with Crippen LogP contribution in [0, 0.1) is 6.92 Å². The Labute approximate surface area is 187 Å². The number of nitrogens with one attached hydrogen (secondary N) is 1. The first-order chi connectivity index (χ1) is 15.5. The first-order valence-corrected chi connectivity index (χ1v) is 10.3. The van der Waals surface area contributed by atoms with E-state index in [9.17, 15) is 9.59 Å². The van der Waals surface area contributed by atoms with E-state index in [2.05, 4.69) is 5.32 Å². The van der Waals surface area contributed by atoms with E-state index in [1.165, 1.54) is 4.90 Å². The van der Waals surface area contributed by atoms with E-state index >= 15 is 0 Å². The van der Waals surface area contributed by atoms with Crippen molar-refractivity contribution >= 4 is 23.6 Å². The molecule has 162 valence electrons. The highest BCUT2D eigenvalue weighted by Gasteiger charge is 2.31. The van der Waals surface area contributed by atoms with Gasteiger partial charge in [0.25, 0.3) is 5.91 Å². The lowest BCUT2D eigenvalue weighted by Gasteiger charge is -2.30. The van der Waals surface area contributed by atoms with Gasteiger partial charge < -0.3 is 14.8 Å². The normalized spacial score (nSPS) is 14.0. The summed E-state index contributed by atoms with van der Waals surface area (Å²) in [7, 11) is 1.59. The third-order valence-electron chi connectivity index (χ3n) is 5.14.